The van der Waals surface area contributed by atoms with Crippen LogP contribution in [0.25, 0.3) is 22.3 Å². The second-order valence-electron chi connectivity index (χ2n) is 6.49. The molecule has 4 nitrogen and oxygen atoms in total. The summed E-state index contributed by atoms with van der Waals surface area (Å²) >= 11 is 12.3. The molecule has 2 aromatic carbocycles. The fraction of sp³-hybridized carbons (Fsp3) is 0.217. The number of carbonyl (C=O) groups excluding carboxylic acids is 1. The van der Waals surface area contributed by atoms with Crippen LogP contribution in [0.4, 0.5) is 0 Å². The van der Waals surface area contributed by atoms with Crippen LogP contribution in [0.3, 0.4) is 0 Å². The van der Waals surface area contributed by atoms with Crippen LogP contribution >= 0.6 is 23.2 Å². The minimum Gasteiger partial charge on any atom is -0.461 e. The summed E-state index contributed by atoms with van der Waals surface area (Å²) < 4.78 is 7.01. The van der Waals surface area contributed by atoms with Crippen LogP contribution in [0.5, 0.6) is 0 Å². The van der Waals surface area contributed by atoms with E-state index in [-0.39, 0.29) is 6.61 Å². The van der Waals surface area contributed by atoms with Crippen molar-refractivity contribution < 1.29 is 9.53 Å². The van der Waals surface area contributed by atoms with E-state index >= 15 is 0 Å². The van der Waals surface area contributed by atoms with E-state index in [9.17, 15) is 10.1 Å². The van der Waals surface area contributed by atoms with Gasteiger partial charge in [0.05, 0.1) is 12.2 Å². The van der Waals surface area contributed by atoms with E-state index in [1.54, 1.807) is 30.7 Å². The van der Waals surface area contributed by atoms with Gasteiger partial charge in [-0.25, -0.2) is 4.79 Å². The van der Waals surface area contributed by atoms with E-state index in [0.29, 0.717) is 33.3 Å². The summed E-state index contributed by atoms with van der Waals surface area (Å²) in [5.41, 5.74) is 4.82. The van der Waals surface area contributed by atoms with Gasteiger partial charge in [0.2, 0.25) is 0 Å². The number of aromatic nitrogens is 1. The first-order chi connectivity index (χ1) is 13.9. The van der Waals surface area contributed by atoms with Gasteiger partial charge in [-0.3, -0.25) is 0 Å². The minimum atomic E-state index is -0.439. The third kappa shape index (κ3) is 3.89. The molecule has 0 radical (unpaired) electrons. The monoisotopic (exact) mass is 426 g/mol. The number of rotatable bonds is 5. The summed E-state index contributed by atoms with van der Waals surface area (Å²) in [4.78, 5) is 12.6. The molecule has 0 aliphatic heterocycles. The standard InChI is InChI=1S/C23H20Cl2N2O2/c1-4-20-18(13-26)21(22(27(20)3)23(28)29-5-2)15-8-6-14(7-9-15)17-11-10-16(24)12-19(17)25/h6-12H,4-5H2,1-3H3. The molecule has 0 saturated carbocycles. The van der Waals surface area contributed by atoms with Gasteiger partial charge >= 0.3 is 5.97 Å². The molecule has 0 aliphatic carbocycles. The summed E-state index contributed by atoms with van der Waals surface area (Å²) in [6.45, 7) is 3.98. The highest BCUT2D eigenvalue weighted by Crippen LogP contribution is 2.36. The molecule has 0 bridgehead atoms. The van der Waals surface area contributed by atoms with Gasteiger partial charge in [0, 0.05) is 33.9 Å². The van der Waals surface area contributed by atoms with Crippen molar-refractivity contribution in [3.8, 4) is 28.3 Å². The van der Waals surface area contributed by atoms with Gasteiger partial charge in [-0.2, -0.15) is 5.26 Å². The van der Waals surface area contributed by atoms with Gasteiger partial charge in [-0.15, -0.1) is 0 Å². The lowest BCUT2D eigenvalue weighted by molar-refractivity contribution is 0.0516. The average Bonchev–Trinajstić information content (AvgIpc) is 2.99. The van der Waals surface area contributed by atoms with Crippen molar-refractivity contribution in [1.82, 2.24) is 4.57 Å². The lowest BCUT2D eigenvalue weighted by Gasteiger charge is -2.09. The average molecular weight is 427 g/mol. The van der Waals surface area contributed by atoms with E-state index < -0.39 is 5.97 Å². The highest BCUT2D eigenvalue weighted by molar-refractivity contribution is 6.36. The summed E-state index contributed by atoms with van der Waals surface area (Å²) in [5.74, 6) is -0.439. The smallest absolute Gasteiger partial charge is 0.355 e. The molecule has 0 atom stereocenters. The van der Waals surface area contributed by atoms with Gasteiger partial charge in [-0.1, -0.05) is 60.5 Å². The minimum absolute atomic E-state index is 0.265. The van der Waals surface area contributed by atoms with E-state index in [1.165, 1.54) is 0 Å². The molecule has 1 heterocycles. The Labute approximate surface area is 180 Å². The fourth-order valence-corrected chi connectivity index (χ4v) is 4.04. The Balaban J connectivity index is 2.15. The van der Waals surface area contributed by atoms with Crippen LogP contribution in [0.2, 0.25) is 10.0 Å². The van der Waals surface area contributed by atoms with Gasteiger partial charge in [0.25, 0.3) is 0 Å². The first-order valence-electron chi connectivity index (χ1n) is 9.27. The van der Waals surface area contributed by atoms with Gasteiger partial charge in [0.1, 0.15) is 11.8 Å². The number of hydrogen-bond acceptors (Lipinski definition) is 3. The number of benzene rings is 2. The molecular formula is C23H20Cl2N2O2. The van der Waals surface area contributed by atoms with Crippen molar-refractivity contribution >= 4 is 29.2 Å². The summed E-state index contributed by atoms with van der Waals surface area (Å²) in [6.07, 6.45) is 0.629. The van der Waals surface area contributed by atoms with Crippen molar-refractivity contribution in [3.05, 3.63) is 69.5 Å². The zero-order chi connectivity index (χ0) is 21.1. The zero-order valence-corrected chi connectivity index (χ0v) is 17.9. The molecule has 0 aliphatic rings. The van der Waals surface area contributed by atoms with Crippen LogP contribution in [0.1, 0.15) is 35.6 Å². The molecule has 0 amide bonds. The number of ether oxygens (including phenoxy) is 1. The first-order valence-corrected chi connectivity index (χ1v) is 10.0. The number of esters is 1. The molecule has 0 saturated heterocycles. The Bertz CT molecular complexity index is 1110. The van der Waals surface area contributed by atoms with Crippen molar-refractivity contribution in [3.63, 3.8) is 0 Å². The molecule has 0 spiro atoms. The van der Waals surface area contributed by atoms with Crippen LogP contribution in [-0.2, 0) is 18.2 Å². The van der Waals surface area contributed by atoms with E-state index in [1.807, 2.05) is 37.3 Å². The normalized spacial score (nSPS) is 10.6. The number of halogens is 2. The van der Waals surface area contributed by atoms with Crippen LogP contribution < -0.4 is 0 Å². The second kappa shape index (κ2) is 8.73. The van der Waals surface area contributed by atoms with Crippen LogP contribution in [0, 0.1) is 11.3 Å². The molecule has 6 heteroatoms. The zero-order valence-electron chi connectivity index (χ0n) is 16.4. The highest BCUT2D eigenvalue weighted by atomic mass is 35.5. The van der Waals surface area contributed by atoms with Crippen molar-refractivity contribution in [1.29, 1.82) is 5.26 Å². The first kappa shape index (κ1) is 21.0. The summed E-state index contributed by atoms with van der Waals surface area (Å²) in [7, 11) is 1.79. The predicted octanol–water partition coefficient (Wildman–Crippen LogP) is 6.28. The molecule has 0 fully saturated rings. The van der Waals surface area contributed by atoms with Crippen LogP contribution in [0.15, 0.2) is 42.5 Å². The lowest BCUT2D eigenvalue weighted by Crippen LogP contribution is -2.12. The van der Waals surface area contributed by atoms with Gasteiger partial charge in [0.15, 0.2) is 0 Å². The second-order valence-corrected chi connectivity index (χ2v) is 7.34. The molecule has 29 heavy (non-hydrogen) atoms. The molecule has 3 aromatic rings. The highest BCUT2D eigenvalue weighted by Gasteiger charge is 2.26. The Morgan fingerprint density at radius 3 is 2.31 bits per heavy atom. The molecule has 0 N–H and O–H groups in total. The third-order valence-electron chi connectivity index (χ3n) is 4.85. The Kier molecular flexibility index (Phi) is 6.32. The lowest BCUT2D eigenvalue weighted by atomic mass is 9.97. The molecule has 3 rings (SSSR count). The molecule has 1 aromatic heterocycles. The van der Waals surface area contributed by atoms with Crippen molar-refractivity contribution in [2.45, 2.75) is 20.3 Å². The number of nitriles is 1. The Morgan fingerprint density at radius 2 is 1.76 bits per heavy atom. The van der Waals surface area contributed by atoms with E-state index in [2.05, 4.69) is 6.07 Å². The van der Waals surface area contributed by atoms with E-state index in [4.69, 9.17) is 27.9 Å². The summed E-state index contributed by atoms with van der Waals surface area (Å²) in [6, 6.07) is 15.2. The largest absolute Gasteiger partial charge is 0.461 e. The fourth-order valence-electron chi connectivity index (χ4n) is 3.53. The Hall–Kier alpha value is -2.74. The quantitative estimate of drug-likeness (QED) is 0.451. The SMILES string of the molecule is CCOC(=O)c1c(-c2ccc(-c3ccc(Cl)cc3Cl)cc2)c(C#N)c(CC)n1C. The maximum atomic E-state index is 12.6. The summed E-state index contributed by atoms with van der Waals surface area (Å²) in [5, 5.41) is 10.9. The van der Waals surface area contributed by atoms with Crippen molar-refractivity contribution in [2.75, 3.05) is 6.61 Å². The number of hydrogen-bond donors (Lipinski definition) is 0. The van der Waals surface area contributed by atoms with Gasteiger partial charge in [-0.05, 0) is 36.6 Å². The maximum absolute atomic E-state index is 12.6. The number of carbonyl (C=O) groups is 1. The maximum Gasteiger partial charge on any atom is 0.355 e. The Morgan fingerprint density at radius 1 is 1.10 bits per heavy atom. The van der Waals surface area contributed by atoms with Crippen LogP contribution in [-0.4, -0.2) is 17.1 Å². The third-order valence-corrected chi connectivity index (χ3v) is 5.39. The predicted molar refractivity (Wildman–Crippen MR) is 116 cm³/mol. The number of nitrogens with zero attached hydrogens (tertiary/aromatic N) is 2. The van der Waals surface area contributed by atoms with Crippen molar-refractivity contribution in [2.24, 2.45) is 7.05 Å². The van der Waals surface area contributed by atoms with Gasteiger partial charge < -0.3 is 9.30 Å². The topological polar surface area (TPSA) is 55.0 Å². The van der Waals surface area contributed by atoms with E-state index in [0.717, 1.165) is 22.4 Å². The molecular weight excluding hydrogens is 407 g/mol. The molecule has 0 unspecified atom stereocenters. The molecule has 148 valence electrons.